The first kappa shape index (κ1) is 20.1. The first-order valence-corrected chi connectivity index (χ1v) is 10.2. The van der Waals surface area contributed by atoms with Crippen LogP contribution in [0.5, 0.6) is 0 Å². The minimum Gasteiger partial charge on any atom is -0.324 e. The monoisotopic (exact) mass is 447 g/mol. The molecule has 6 heteroatoms. The van der Waals surface area contributed by atoms with Gasteiger partial charge in [-0.05, 0) is 23.8 Å². The Morgan fingerprint density at radius 2 is 1.78 bits per heavy atom. The van der Waals surface area contributed by atoms with Crippen LogP contribution >= 0.6 is 27.5 Å². The number of benzene rings is 2. The summed E-state index contributed by atoms with van der Waals surface area (Å²) in [5.74, 6) is -0.0309. The molecule has 1 saturated heterocycles. The molecule has 2 aromatic rings. The Morgan fingerprint density at radius 3 is 2.48 bits per heavy atom. The molecule has 0 unspecified atom stereocenters. The highest BCUT2D eigenvalue weighted by molar-refractivity contribution is 9.10. The second-order valence-electron chi connectivity index (χ2n) is 6.56. The van der Waals surface area contributed by atoms with E-state index in [1.54, 1.807) is 12.1 Å². The number of rotatable bonds is 6. The molecule has 1 aliphatic heterocycles. The lowest BCUT2D eigenvalue weighted by Gasteiger charge is -2.33. The van der Waals surface area contributed by atoms with Crippen LogP contribution in [-0.2, 0) is 4.79 Å². The van der Waals surface area contributed by atoms with Gasteiger partial charge in [-0.1, -0.05) is 70.0 Å². The quantitative estimate of drug-likeness (QED) is 0.713. The van der Waals surface area contributed by atoms with Crippen LogP contribution in [0.2, 0.25) is 5.02 Å². The van der Waals surface area contributed by atoms with Crippen molar-refractivity contribution in [3.63, 3.8) is 0 Å². The number of nitrogens with zero attached hydrogens (tertiary/aromatic N) is 2. The fourth-order valence-electron chi connectivity index (χ4n) is 3.02. The Kier molecular flexibility index (Phi) is 7.47. The zero-order chi connectivity index (χ0) is 19.1. The highest BCUT2D eigenvalue weighted by Crippen LogP contribution is 2.25. The van der Waals surface area contributed by atoms with Gasteiger partial charge in [0.15, 0.2) is 0 Å². The zero-order valence-corrected chi connectivity index (χ0v) is 17.4. The van der Waals surface area contributed by atoms with E-state index in [4.69, 9.17) is 11.6 Å². The van der Waals surface area contributed by atoms with Gasteiger partial charge in [0.05, 0.1) is 17.3 Å². The van der Waals surface area contributed by atoms with Gasteiger partial charge >= 0.3 is 0 Å². The summed E-state index contributed by atoms with van der Waals surface area (Å²) in [6.45, 7) is 5.03. The molecule has 0 atom stereocenters. The molecular formula is C21H23BrClN3O. The van der Waals surface area contributed by atoms with E-state index in [0.29, 0.717) is 17.3 Å². The number of halogens is 2. The lowest BCUT2D eigenvalue weighted by atomic mass is 10.2. The van der Waals surface area contributed by atoms with E-state index in [-0.39, 0.29) is 5.91 Å². The fourth-order valence-corrected chi connectivity index (χ4v) is 3.74. The van der Waals surface area contributed by atoms with Gasteiger partial charge in [0.2, 0.25) is 5.91 Å². The van der Waals surface area contributed by atoms with Crippen molar-refractivity contribution >= 4 is 45.2 Å². The largest absolute Gasteiger partial charge is 0.324 e. The van der Waals surface area contributed by atoms with E-state index < -0.39 is 0 Å². The summed E-state index contributed by atoms with van der Waals surface area (Å²) in [6.07, 6.45) is 4.36. The Hall–Kier alpha value is -1.66. The highest BCUT2D eigenvalue weighted by atomic mass is 79.9. The number of anilines is 1. The molecule has 0 aromatic heterocycles. The van der Waals surface area contributed by atoms with Crippen molar-refractivity contribution in [1.82, 2.24) is 9.80 Å². The second kappa shape index (κ2) is 10.0. The van der Waals surface area contributed by atoms with E-state index in [1.807, 2.05) is 24.3 Å². The summed E-state index contributed by atoms with van der Waals surface area (Å²) in [4.78, 5) is 16.9. The smallest absolute Gasteiger partial charge is 0.238 e. The maximum atomic E-state index is 12.3. The molecule has 27 heavy (non-hydrogen) atoms. The molecule has 1 fully saturated rings. The topological polar surface area (TPSA) is 35.6 Å². The number of hydrogen-bond donors (Lipinski definition) is 1. The van der Waals surface area contributed by atoms with E-state index in [0.717, 1.165) is 37.2 Å². The molecule has 1 amide bonds. The SMILES string of the molecule is O=C(CN1CCN(C/C=C/c2ccccc2)CC1)Nc1ccc(Br)cc1Cl. The molecule has 1 heterocycles. The first-order chi connectivity index (χ1) is 13.1. The highest BCUT2D eigenvalue weighted by Gasteiger charge is 2.18. The van der Waals surface area contributed by atoms with Crippen LogP contribution in [0.15, 0.2) is 59.1 Å². The maximum Gasteiger partial charge on any atom is 0.238 e. The minimum absolute atomic E-state index is 0.0309. The molecular weight excluding hydrogens is 426 g/mol. The van der Waals surface area contributed by atoms with Crippen LogP contribution in [0, 0.1) is 0 Å². The zero-order valence-electron chi connectivity index (χ0n) is 15.1. The molecule has 3 rings (SSSR count). The Morgan fingerprint density at radius 1 is 1.07 bits per heavy atom. The van der Waals surface area contributed by atoms with Crippen LogP contribution in [-0.4, -0.2) is 55.0 Å². The van der Waals surface area contributed by atoms with E-state index in [1.165, 1.54) is 5.56 Å². The number of piperazine rings is 1. The third-order valence-corrected chi connectivity index (χ3v) is 5.32. The molecule has 2 aromatic carbocycles. The first-order valence-electron chi connectivity index (χ1n) is 9.01. The van der Waals surface area contributed by atoms with Crippen molar-refractivity contribution in [3.8, 4) is 0 Å². The number of hydrogen-bond acceptors (Lipinski definition) is 3. The van der Waals surface area contributed by atoms with Gasteiger partial charge in [0, 0.05) is 37.2 Å². The van der Waals surface area contributed by atoms with E-state index >= 15 is 0 Å². The molecule has 1 aliphatic rings. The van der Waals surface area contributed by atoms with Crippen LogP contribution in [0.3, 0.4) is 0 Å². The van der Waals surface area contributed by atoms with Gasteiger partial charge in [-0.15, -0.1) is 0 Å². The van der Waals surface area contributed by atoms with Gasteiger partial charge in [-0.25, -0.2) is 0 Å². The molecule has 0 saturated carbocycles. The lowest BCUT2D eigenvalue weighted by molar-refractivity contribution is -0.117. The summed E-state index contributed by atoms with van der Waals surface area (Å²) in [5, 5.41) is 3.43. The molecule has 0 spiro atoms. The fraction of sp³-hybridized carbons (Fsp3) is 0.286. The van der Waals surface area contributed by atoms with Gasteiger partial charge in [0.25, 0.3) is 0 Å². The van der Waals surface area contributed by atoms with E-state index in [9.17, 15) is 4.79 Å². The van der Waals surface area contributed by atoms with Crippen LogP contribution < -0.4 is 5.32 Å². The minimum atomic E-state index is -0.0309. The van der Waals surface area contributed by atoms with Gasteiger partial charge in [-0.2, -0.15) is 0 Å². The number of carbonyl (C=O) groups is 1. The second-order valence-corrected chi connectivity index (χ2v) is 7.89. The summed E-state index contributed by atoms with van der Waals surface area (Å²) in [6, 6.07) is 15.8. The van der Waals surface area contributed by atoms with Crippen molar-refractivity contribution in [2.45, 2.75) is 0 Å². The molecule has 1 N–H and O–H groups in total. The predicted molar refractivity (Wildman–Crippen MR) is 116 cm³/mol. The standard InChI is InChI=1S/C21H23BrClN3O/c22-18-8-9-20(19(23)15-18)24-21(27)16-26-13-11-25(12-14-26)10-4-7-17-5-2-1-3-6-17/h1-9,15H,10-14,16H2,(H,24,27)/b7-4+. The molecule has 0 aliphatic carbocycles. The number of nitrogens with one attached hydrogen (secondary N) is 1. The average molecular weight is 449 g/mol. The lowest BCUT2D eigenvalue weighted by Crippen LogP contribution is -2.48. The van der Waals surface area contributed by atoms with Crippen molar-refractivity contribution in [3.05, 3.63) is 69.7 Å². The number of amides is 1. The third kappa shape index (κ3) is 6.47. The van der Waals surface area contributed by atoms with Crippen LogP contribution in [0.4, 0.5) is 5.69 Å². The summed E-state index contributed by atoms with van der Waals surface area (Å²) >= 11 is 9.52. The number of carbonyl (C=O) groups excluding carboxylic acids is 1. The van der Waals surface area contributed by atoms with Gasteiger partial charge in [0.1, 0.15) is 0 Å². The average Bonchev–Trinajstić information content (AvgIpc) is 2.66. The molecule has 0 bridgehead atoms. The Bertz CT molecular complexity index is 789. The van der Waals surface area contributed by atoms with Gasteiger partial charge in [-0.3, -0.25) is 14.6 Å². The molecule has 142 valence electrons. The van der Waals surface area contributed by atoms with Crippen LogP contribution in [0.1, 0.15) is 5.56 Å². The summed E-state index contributed by atoms with van der Waals surface area (Å²) in [5.41, 5.74) is 1.87. The Balaban J connectivity index is 1.40. The maximum absolute atomic E-state index is 12.3. The van der Waals surface area contributed by atoms with Crippen molar-refractivity contribution < 1.29 is 4.79 Å². The van der Waals surface area contributed by atoms with Crippen LogP contribution in [0.25, 0.3) is 6.08 Å². The third-order valence-electron chi connectivity index (χ3n) is 4.51. The van der Waals surface area contributed by atoms with E-state index in [2.05, 4.69) is 55.3 Å². The summed E-state index contributed by atoms with van der Waals surface area (Å²) in [7, 11) is 0. The Labute approximate surface area is 173 Å². The molecule has 0 radical (unpaired) electrons. The van der Waals surface area contributed by atoms with Gasteiger partial charge < -0.3 is 5.32 Å². The molecule has 4 nitrogen and oxygen atoms in total. The predicted octanol–water partition coefficient (Wildman–Crippen LogP) is 4.37. The van der Waals surface area contributed by atoms with Crippen molar-refractivity contribution in [1.29, 1.82) is 0 Å². The van der Waals surface area contributed by atoms with Crippen molar-refractivity contribution in [2.75, 3.05) is 44.6 Å². The normalized spacial score (nSPS) is 15.9. The summed E-state index contributed by atoms with van der Waals surface area (Å²) < 4.78 is 0.892. The van der Waals surface area contributed by atoms with Crippen molar-refractivity contribution in [2.24, 2.45) is 0 Å².